The molecule has 1 aromatic carbocycles. The summed E-state index contributed by atoms with van der Waals surface area (Å²) in [5.41, 5.74) is 2.00. The Morgan fingerprint density at radius 3 is 2.64 bits per heavy atom. The Labute approximate surface area is 167 Å². The zero-order valence-corrected chi connectivity index (χ0v) is 16.5. The van der Waals surface area contributed by atoms with E-state index in [0.29, 0.717) is 40.5 Å². The molecule has 1 atom stereocenters. The van der Waals surface area contributed by atoms with Crippen LogP contribution < -0.4 is 5.32 Å². The lowest BCUT2D eigenvalue weighted by Crippen LogP contribution is -2.23. The monoisotopic (exact) mass is 403 g/mol. The van der Waals surface area contributed by atoms with E-state index in [4.69, 9.17) is 16.3 Å². The van der Waals surface area contributed by atoms with Crippen molar-refractivity contribution in [2.45, 2.75) is 39.0 Å². The Hall–Kier alpha value is -2.80. The van der Waals surface area contributed by atoms with Gasteiger partial charge < -0.3 is 15.2 Å². The molecule has 3 rings (SSSR count). The van der Waals surface area contributed by atoms with Gasteiger partial charge >= 0.3 is 12.1 Å². The van der Waals surface area contributed by atoms with Crippen molar-refractivity contribution in [1.29, 1.82) is 0 Å². The van der Waals surface area contributed by atoms with Gasteiger partial charge in [-0.05, 0) is 24.5 Å². The number of hydrogen-bond acceptors (Lipinski definition) is 5. The van der Waals surface area contributed by atoms with E-state index < -0.39 is 18.0 Å². The molecule has 2 heterocycles. The summed E-state index contributed by atoms with van der Waals surface area (Å²) in [6.07, 6.45) is 2.89. The van der Waals surface area contributed by atoms with Gasteiger partial charge in [0.1, 0.15) is 0 Å². The summed E-state index contributed by atoms with van der Waals surface area (Å²) in [5, 5.41) is 17.8. The molecule has 0 radical (unpaired) electrons. The average Bonchev–Trinajstić information content (AvgIpc) is 3.09. The number of allylic oxidation sites excluding steroid dienone is 1. The molecule has 2 N–H and O–H groups in total. The lowest BCUT2D eigenvalue weighted by Gasteiger charge is -2.27. The largest absolute Gasteiger partial charge is 0.478 e. The SMILES string of the molecule is CCCOC(=O)n1cc2c(n1)NC(CCC)=C(C(=O)O)C2c1ccccc1Cl. The molecule has 7 nitrogen and oxygen atoms in total. The van der Waals surface area contributed by atoms with Crippen LogP contribution >= 0.6 is 11.6 Å². The molecule has 0 amide bonds. The van der Waals surface area contributed by atoms with Gasteiger partial charge in [0.05, 0.1) is 12.2 Å². The van der Waals surface area contributed by atoms with Crippen LogP contribution in [0.25, 0.3) is 0 Å². The van der Waals surface area contributed by atoms with Crippen molar-refractivity contribution in [3.63, 3.8) is 0 Å². The predicted octanol–water partition coefficient (Wildman–Crippen LogP) is 4.63. The molecule has 1 aromatic heterocycles. The van der Waals surface area contributed by atoms with Crippen molar-refractivity contribution in [2.75, 3.05) is 11.9 Å². The number of carbonyl (C=O) groups excluding carboxylic acids is 1. The number of aromatic nitrogens is 2. The Balaban J connectivity index is 2.15. The molecule has 0 spiro atoms. The van der Waals surface area contributed by atoms with Gasteiger partial charge in [0.15, 0.2) is 5.82 Å². The zero-order chi connectivity index (χ0) is 20.3. The van der Waals surface area contributed by atoms with E-state index in [1.165, 1.54) is 6.20 Å². The van der Waals surface area contributed by atoms with Gasteiger partial charge in [-0.25, -0.2) is 9.59 Å². The van der Waals surface area contributed by atoms with Crippen LogP contribution in [0.5, 0.6) is 0 Å². The standard InChI is InChI=1S/C20H22ClN3O4/c1-3-7-15-17(19(25)26)16(12-8-5-6-9-14(12)21)13-11-24(23-18(13)22-15)20(27)28-10-4-2/h5-6,8-9,11,16H,3-4,7,10H2,1-2H3,(H,22,23)(H,25,26). The van der Waals surface area contributed by atoms with Crippen LogP contribution in [-0.4, -0.2) is 33.6 Å². The number of halogens is 1. The third-order valence-electron chi connectivity index (χ3n) is 4.50. The van der Waals surface area contributed by atoms with Crippen LogP contribution in [0.4, 0.5) is 10.6 Å². The Morgan fingerprint density at radius 1 is 1.25 bits per heavy atom. The minimum atomic E-state index is -1.03. The van der Waals surface area contributed by atoms with Gasteiger partial charge in [-0.1, -0.05) is 50.1 Å². The summed E-state index contributed by atoms with van der Waals surface area (Å²) in [6, 6.07) is 7.11. The molecule has 0 fully saturated rings. The molecule has 0 saturated heterocycles. The maximum atomic E-state index is 12.2. The quantitative estimate of drug-likeness (QED) is 0.730. The van der Waals surface area contributed by atoms with E-state index in [0.717, 1.165) is 11.1 Å². The van der Waals surface area contributed by atoms with E-state index >= 15 is 0 Å². The molecule has 0 aliphatic carbocycles. The van der Waals surface area contributed by atoms with Crippen molar-refractivity contribution in [1.82, 2.24) is 9.78 Å². The third kappa shape index (κ3) is 3.75. The summed E-state index contributed by atoms with van der Waals surface area (Å²) in [6.45, 7) is 4.15. The number of aliphatic carboxylic acids is 1. The van der Waals surface area contributed by atoms with Crippen molar-refractivity contribution in [2.24, 2.45) is 0 Å². The Kier molecular flexibility index (Phi) is 6.04. The third-order valence-corrected chi connectivity index (χ3v) is 4.84. The summed E-state index contributed by atoms with van der Waals surface area (Å²) in [5.74, 6) is -1.24. The molecular formula is C20H22ClN3O4. The maximum Gasteiger partial charge on any atom is 0.434 e. The number of anilines is 1. The number of carboxylic acids is 1. The number of ether oxygens (including phenoxy) is 1. The first-order chi connectivity index (χ1) is 13.5. The van der Waals surface area contributed by atoms with E-state index in [1.54, 1.807) is 18.2 Å². The van der Waals surface area contributed by atoms with Crippen LogP contribution in [-0.2, 0) is 9.53 Å². The second-order valence-electron chi connectivity index (χ2n) is 6.52. The first-order valence-electron chi connectivity index (χ1n) is 9.22. The lowest BCUT2D eigenvalue weighted by atomic mass is 9.82. The molecule has 1 aliphatic rings. The molecule has 1 aliphatic heterocycles. The van der Waals surface area contributed by atoms with Gasteiger partial charge in [-0.3, -0.25) is 0 Å². The minimum absolute atomic E-state index is 0.212. The highest BCUT2D eigenvalue weighted by molar-refractivity contribution is 6.31. The van der Waals surface area contributed by atoms with Crippen LogP contribution in [0.3, 0.4) is 0 Å². The Morgan fingerprint density at radius 2 is 2.00 bits per heavy atom. The van der Waals surface area contributed by atoms with E-state index in [-0.39, 0.29) is 12.2 Å². The predicted molar refractivity (Wildman–Crippen MR) is 106 cm³/mol. The molecule has 0 saturated carbocycles. The summed E-state index contributed by atoms with van der Waals surface area (Å²) >= 11 is 6.40. The first-order valence-corrected chi connectivity index (χ1v) is 9.60. The lowest BCUT2D eigenvalue weighted by molar-refractivity contribution is -0.133. The minimum Gasteiger partial charge on any atom is -0.478 e. The molecular weight excluding hydrogens is 382 g/mol. The number of nitrogens with one attached hydrogen (secondary N) is 1. The van der Waals surface area contributed by atoms with E-state index in [2.05, 4.69) is 10.4 Å². The van der Waals surface area contributed by atoms with Gasteiger partial charge in [0.2, 0.25) is 0 Å². The summed E-state index contributed by atoms with van der Waals surface area (Å²) in [7, 11) is 0. The van der Waals surface area contributed by atoms with E-state index in [1.807, 2.05) is 19.9 Å². The van der Waals surface area contributed by atoms with Crippen LogP contribution in [0, 0.1) is 0 Å². The van der Waals surface area contributed by atoms with Crippen LogP contribution in [0.15, 0.2) is 41.7 Å². The summed E-state index contributed by atoms with van der Waals surface area (Å²) in [4.78, 5) is 24.4. The Bertz CT molecular complexity index is 935. The highest BCUT2D eigenvalue weighted by Gasteiger charge is 2.36. The van der Waals surface area contributed by atoms with Gasteiger partial charge in [-0.15, -0.1) is 5.10 Å². The second kappa shape index (κ2) is 8.48. The maximum absolute atomic E-state index is 12.2. The number of carboxylic acid groups (broad SMARTS) is 1. The molecule has 1 unspecified atom stereocenters. The van der Waals surface area contributed by atoms with Crippen LogP contribution in [0.1, 0.15) is 50.2 Å². The zero-order valence-electron chi connectivity index (χ0n) is 15.7. The van der Waals surface area contributed by atoms with E-state index in [9.17, 15) is 14.7 Å². The average molecular weight is 404 g/mol. The van der Waals surface area contributed by atoms with Gasteiger partial charge in [0, 0.05) is 28.4 Å². The highest BCUT2D eigenvalue weighted by atomic mass is 35.5. The number of nitrogens with zero attached hydrogens (tertiary/aromatic N) is 2. The number of benzene rings is 1. The second-order valence-corrected chi connectivity index (χ2v) is 6.93. The number of carbonyl (C=O) groups is 2. The number of fused-ring (bicyclic) bond motifs is 1. The highest BCUT2D eigenvalue weighted by Crippen LogP contribution is 2.44. The molecule has 8 heteroatoms. The number of hydrogen-bond donors (Lipinski definition) is 2. The summed E-state index contributed by atoms with van der Waals surface area (Å²) < 4.78 is 6.25. The first kappa shape index (κ1) is 19.9. The molecule has 0 bridgehead atoms. The van der Waals surface area contributed by atoms with Gasteiger partial charge in [0.25, 0.3) is 0 Å². The van der Waals surface area contributed by atoms with Crippen molar-refractivity contribution in [3.05, 3.63) is 57.9 Å². The fraction of sp³-hybridized carbons (Fsp3) is 0.350. The fourth-order valence-corrected chi connectivity index (χ4v) is 3.56. The van der Waals surface area contributed by atoms with Crippen molar-refractivity contribution in [3.8, 4) is 0 Å². The molecule has 28 heavy (non-hydrogen) atoms. The normalized spacial score (nSPS) is 15.8. The topological polar surface area (TPSA) is 93.5 Å². The van der Waals surface area contributed by atoms with Crippen molar-refractivity contribution >= 4 is 29.5 Å². The van der Waals surface area contributed by atoms with Gasteiger partial charge in [-0.2, -0.15) is 4.68 Å². The number of rotatable bonds is 6. The van der Waals surface area contributed by atoms with Crippen LogP contribution in [0.2, 0.25) is 5.02 Å². The molecule has 148 valence electrons. The smallest absolute Gasteiger partial charge is 0.434 e. The van der Waals surface area contributed by atoms with Crippen molar-refractivity contribution < 1.29 is 19.4 Å². The fourth-order valence-electron chi connectivity index (χ4n) is 3.32. The molecule has 2 aromatic rings.